The highest BCUT2D eigenvalue weighted by molar-refractivity contribution is 5.77. The zero-order valence-corrected chi connectivity index (χ0v) is 24.2. The van der Waals surface area contributed by atoms with E-state index < -0.39 is 41.8 Å². The summed E-state index contributed by atoms with van der Waals surface area (Å²) < 4.78 is 21.3. The number of benzene rings is 1. The summed E-state index contributed by atoms with van der Waals surface area (Å²) in [6.45, 7) is 10.9. The lowest BCUT2D eigenvalue weighted by atomic mass is 10.0. The highest BCUT2D eigenvalue weighted by atomic mass is 16.7. The molecule has 220 valence electrons. The predicted octanol–water partition coefficient (Wildman–Crippen LogP) is 5.58. The maximum atomic E-state index is 12.4. The summed E-state index contributed by atoms with van der Waals surface area (Å²) in [5, 5.41) is 12.6. The highest BCUT2D eigenvalue weighted by Gasteiger charge is 2.23. The molecule has 1 rings (SSSR count). The number of esters is 2. The maximum absolute atomic E-state index is 12.4. The Bertz CT molecular complexity index is 939. The van der Waals surface area contributed by atoms with E-state index in [0.29, 0.717) is 18.4 Å². The molecule has 2 N–H and O–H groups in total. The molecule has 0 spiro atoms. The van der Waals surface area contributed by atoms with Crippen molar-refractivity contribution in [2.45, 2.75) is 117 Å². The monoisotopic (exact) mass is 551 g/mol. The number of aliphatic carboxylic acids is 1. The molecular formula is C29H45NO9. The molecule has 10 nitrogen and oxygen atoms in total. The summed E-state index contributed by atoms with van der Waals surface area (Å²) >= 11 is 0. The van der Waals surface area contributed by atoms with Crippen LogP contribution in [0.3, 0.4) is 0 Å². The number of unbranched alkanes of at least 4 members (excludes halogenated alkanes) is 4. The molecule has 0 fully saturated rings. The molecular weight excluding hydrogens is 506 g/mol. The van der Waals surface area contributed by atoms with Crippen molar-refractivity contribution in [1.82, 2.24) is 5.32 Å². The largest absolute Gasteiger partial charge is 0.509 e. The van der Waals surface area contributed by atoms with Gasteiger partial charge in [0.25, 0.3) is 0 Å². The van der Waals surface area contributed by atoms with E-state index in [1.807, 2.05) is 13.8 Å². The first-order chi connectivity index (χ1) is 18.3. The van der Waals surface area contributed by atoms with Crippen molar-refractivity contribution in [2.24, 2.45) is 0 Å². The van der Waals surface area contributed by atoms with Crippen molar-refractivity contribution in [3.63, 3.8) is 0 Å². The van der Waals surface area contributed by atoms with Crippen molar-refractivity contribution in [2.75, 3.05) is 6.54 Å². The van der Waals surface area contributed by atoms with E-state index in [2.05, 4.69) is 5.32 Å². The van der Waals surface area contributed by atoms with Gasteiger partial charge >= 0.3 is 24.1 Å². The fourth-order valence-electron chi connectivity index (χ4n) is 3.50. The Balaban J connectivity index is 2.94. The van der Waals surface area contributed by atoms with Gasteiger partial charge in [-0.15, -0.1) is 0 Å². The van der Waals surface area contributed by atoms with Crippen molar-refractivity contribution in [3.05, 3.63) is 23.8 Å². The van der Waals surface area contributed by atoms with Crippen LogP contribution in [0.25, 0.3) is 0 Å². The fourth-order valence-corrected chi connectivity index (χ4v) is 3.50. The quantitative estimate of drug-likeness (QED) is 0.143. The Morgan fingerprint density at radius 3 is 1.97 bits per heavy atom. The Labute approximate surface area is 231 Å². The van der Waals surface area contributed by atoms with Gasteiger partial charge in [-0.25, -0.2) is 4.79 Å². The molecule has 0 aromatic heterocycles. The second-order valence-electron chi connectivity index (χ2n) is 10.5. The third kappa shape index (κ3) is 15.1. The van der Waals surface area contributed by atoms with Gasteiger partial charge in [0.1, 0.15) is 17.7 Å². The Hall–Kier alpha value is -3.14. The van der Waals surface area contributed by atoms with E-state index in [-0.39, 0.29) is 37.3 Å². The van der Waals surface area contributed by atoms with Crippen LogP contribution in [0.5, 0.6) is 11.5 Å². The number of hydrogen-bond donors (Lipinski definition) is 2. The van der Waals surface area contributed by atoms with E-state index in [9.17, 15) is 24.3 Å². The summed E-state index contributed by atoms with van der Waals surface area (Å²) in [4.78, 5) is 48.5. The number of ether oxygens (including phenoxy) is 4. The summed E-state index contributed by atoms with van der Waals surface area (Å²) in [5.74, 6) is -1.80. The SMILES string of the molecule is CCCCCC(=O)Oc1ccc(C[C@H](NCC(C)OC(=O)OC(C)(C)C)C(=O)O)cc1OC(=O)CCCCC. The van der Waals surface area contributed by atoms with Crippen LogP contribution in [0.15, 0.2) is 18.2 Å². The highest BCUT2D eigenvalue weighted by Crippen LogP contribution is 2.30. The normalized spacial score (nSPS) is 12.8. The summed E-state index contributed by atoms with van der Waals surface area (Å²) in [5.41, 5.74) is -0.154. The molecule has 0 bridgehead atoms. The Morgan fingerprint density at radius 2 is 1.46 bits per heavy atom. The second kappa shape index (κ2) is 17.4. The van der Waals surface area contributed by atoms with E-state index in [1.165, 1.54) is 12.1 Å². The third-order valence-electron chi connectivity index (χ3n) is 5.50. The van der Waals surface area contributed by atoms with Crippen LogP contribution in [-0.4, -0.2) is 53.5 Å². The zero-order chi connectivity index (χ0) is 29.4. The first kappa shape index (κ1) is 33.9. The van der Waals surface area contributed by atoms with Crippen molar-refractivity contribution in [3.8, 4) is 11.5 Å². The molecule has 0 heterocycles. The minimum Gasteiger partial charge on any atom is -0.480 e. The molecule has 0 aliphatic heterocycles. The topological polar surface area (TPSA) is 137 Å². The van der Waals surface area contributed by atoms with Gasteiger partial charge in [0.15, 0.2) is 11.5 Å². The van der Waals surface area contributed by atoms with Crippen LogP contribution in [0.4, 0.5) is 4.79 Å². The minimum absolute atomic E-state index is 0.0413. The lowest BCUT2D eigenvalue weighted by molar-refractivity contribution is -0.139. The summed E-state index contributed by atoms with van der Waals surface area (Å²) in [7, 11) is 0. The standard InChI is InChI=1S/C29H45NO9/c1-7-9-11-13-25(31)37-23-16-15-21(18-24(23)38-26(32)14-12-10-8-2)17-22(27(33)34)30-19-20(3)36-28(35)39-29(4,5)6/h15-16,18,20,22,30H,7-14,17,19H2,1-6H3,(H,33,34)/t20?,22-/m0/s1. The molecule has 10 heteroatoms. The van der Waals surface area contributed by atoms with Crippen LogP contribution in [0, 0.1) is 0 Å². The van der Waals surface area contributed by atoms with Gasteiger partial charge in [0.2, 0.25) is 0 Å². The Kier molecular flexibility index (Phi) is 15.2. The Morgan fingerprint density at radius 1 is 0.897 bits per heavy atom. The number of carboxylic acid groups (broad SMARTS) is 1. The third-order valence-corrected chi connectivity index (χ3v) is 5.50. The molecule has 1 aromatic rings. The minimum atomic E-state index is -1.11. The molecule has 1 unspecified atom stereocenters. The van der Waals surface area contributed by atoms with Crippen molar-refractivity contribution >= 4 is 24.1 Å². The zero-order valence-electron chi connectivity index (χ0n) is 24.2. The number of rotatable bonds is 17. The first-order valence-corrected chi connectivity index (χ1v) is 13.7. The van der Waals surface area contributed by atoms with E-state index >= 15 is 0 Å². The van der Waals surface area contributed by atoms with Gasteiger partial charge in [0, 0.05) is 19.4 Å². The van der Waals surface area contributed by atoms with Crippen LogP contribution < -0.4 is 14.8 Å². The van der Waals surface area contributed by atoms with E-state index in [1.54, 1.807) is 33.8 Å². The fraction of sp³-hybridized carbons (Fsp3) is 0.655. The first-order valence-electron chi connectivity index (χ1n) is 13.7. The molecule has 2 atom stereocenters. The average Bonchev–Trinajstić information content (AvgIpc) is 2.82. The average molecular weight is 552 g/mol. The van der Waals surface area contributed by atoms with Gasteiger partial charge in [-0.2, -0.15) is 0 Å². The number of nitrogens with one attached hydrogen (secondary N) is 1. The van der Waals surface area contributed by atoms with Gasteiger partial charge < -0.3 is 29.4 Å². The molecule has 1 aromatic carbocycles. The van der Waals surface area contributed by atoms with Gasteiger partial charge in [0.05, 0.1) is 0 Å². The van der Waals surface area contributed by atoms with Crippen LogP contribution in [-0.2, 0) is 30.3 Å². The van der Waals surface area contributed by atoms with Crippen LogP contribution in [0.2, 0.25) is 0 Å². The van der Waals surface area contributed by atoms with Crippen molar-refractivity contribution in [1.29, 1.82) is 0 Å². The number of carbonyl (C=O) groups is 4. The number of hydrogen-bond acceptors (Lipinski definition) is 9. The van der Waals surface area contributed by atoms with Gasteiger partial charge in [-0.1, -0.05) is 45.6 Å². The molecule has 0 aliphatic carbocycles. The number of carboxylic acids is 1. The summed E-state index contributed by atoms with van der Waals surface area (Å²) in [6.07, 6.45) is 4.10. The molecule has 0 amide bonds. The predicted molar refractivity (Wildman–Crippen MR) is 146 cm³/mol. The molecule has 0 aliphatic rings. The lowest BCUT2D eigenvalue weighted by Gasteiger charge is -2.22. The van der Waals surface area contributed by atoms with Crippen LogP contribution in [0.1, 0.15) is 98.5 Å². The maximum Gasteiger partial charge on any atom is 0.509 e. The van der Waals surface area contributed by atoms with Crippen LogP contribution >= 0.6 is 0 Å². The molecule has 39 heavy (non-hydrogen) atoms. The number of carbonyl (C=O) groups excluding carboxylic acids is 3. The summed E-state index contributed by atoms with van der Waals surface area (Å²) in [6, 6.07) is 3.63. The molecule has 0 radical (unpaired) electrons. The molecule has 0 saturated carbocycles. The lowest BCUT2D eigenvalue weighted by Crippen LogP contribution is -2.43. The van der Waals surface area contributed by atoms with E-state index in [4.69, 9.17) is 18.9 Å². The molecule has 0 saturated heterocycles. The smallest absolute Gasteiger partial charge is 0.480 e. The van der Waals surface area contributed by atoms with E-state index in [0.717, 1.165) is 25.7 Å². The van der Waals surface area contributed by atoms with Crippen molar-refractivity contribution < 1.29 is 43.2 Å². The second-order valence-corrected chi connectivity index (χ2v) is 10.5. The van der Waals surface area contributed by atoms with Gasteiger partial charge in [-0.3, -0.25) is 14.4 Å². The van der Waals surface area contributed by atoms with Gasteiger partial charge in [-0.05, 0) is 64.7 Å².